The highest BCUT2D eigenvalue weighted by Crippen LogP contribution is 2.29. The molecule has 1 aliphatic heterocycles. The second kappa shape index (κ2) is 6.84. The predicted octanol–water partition coefficient (Wildman–Crippen LogP) is 3.76. The molecule has 5 nitrogen and oxygen atoms in total. The van der Waals surface area contributed by atoms with Gasteiger partial charge in [-0.3, -0.25) is 0 Å². The maximum atomic E-state index is 5.48. The van der Waals surface area contributed by atoms with Gasteiger partial charge in [-0.25, -0.2) is 9.97 Å². The number of fused-ring (bicyclic) bond motifs is 1. The van der Waals surface area contributed by atoms with Crippen molar-refractivity contribution >= 4 is 10.9 Å². The normalized spacial score (nSPS) is 18.6. The van der Waals surface area contributed by atoms with Gasteiger partial charge in [-0.15, -0.1) is 0 Å². The molecule has 0 radical (unpaired) electrons. The number of piperidine rings is 1. The van der Waals surface area contributed by atoms with Gasteiger partial charge in [-0.05, 0) is 38.1 Å². The molecule has 5 heteroatoms. The molecule has 0 amide bonds. The minimum absolute atomic E-state index is 0.460. The van der Waals surface area contributed by atoms with E-state index in [0.29, 0.717) is 6.04 Å². The van der Waals surface area contributed by atoms with Gasteiger partial charge in [0.15, 0.2) is 5.82 Å². The van der Waals surface area contributed by atoms with Crippen LogP contribution in [-0.2, 0) is 0 Å². The van der Waals surface area contributed by atoms with Gasteiger partial charge < -0.3 is 14.2 Å². The lowest BCUT2D eigenvalue weighted by atomic mass is 10.1. The summed E-state index contributed by atoms with van der Waals surface area (Å²) in [5.41, 5.74) is 1.78. The van der Waals surface area contributed by atoms with Crippen LogP contribution >= 0.6 is 0 Å². The van der Waals surface area contributed by atoms with Crippen LogP contribution in [0.3, 0.4) is 0 Å². The fourth-order valence-electron chi connectivity index (χ4n) is 3.76. The Labute approximate surface area is 148 Å². The van der Waals surface area contributed by atoms with E-state index < -0.39 is 0 Å². The first-order valence-corrected chi connectivity index (χ1v) is 8.99. The van der Waals surface area contributed by atoms with Crippen molar-refractivity contribution in [3.63, 3.8) is 0 Å². The maximum Gasteiger partial charge on any atom is 0.158 e. The zero-order chi connectivity index (χ0) is 17.2. The fourth-order valence-corrected chi connectivity index (χ4v) is 3.76. The smallest absolute Gasteiger partial charge is 0.158 e. The Kier molecular flexibility index (Phi) is 4.40. The van der Waals surface area contributed by atoms with Crippen molar-refractivity contribution in [2.75, 3.05) is 26.7 Å². The van der Waals surface area contributed by atoms with Gasteiger partial charge in [-0.1, -0.05) is 25.1 Å². The third-order valence-corrected chi connectivity index (χ3v) is 5.12. The van der Waals surface area contributed by atoms with Gasteiger partial charge in [0.2, 0.25) is 0 Å². The highest BCUT2D eigenvalue weighted by atomic mass is 16.5. The van der Waals surface area contributed by atoms with E-state index in [9.17, 15) is 0 Å². The zero-order valence-corrected chi connectivity index (χ0v) is 14.9. The first-order chi connectivity index (χ1) is 12.3. The standard InChI is InChI=1S/C20H24N4O/c1-3-23-12-5-7-16(14-23)24-13-11-21-20(24)17-10-9-15-6-4-8-18(25-2)19(15)22-17/h4,6,8-11,13,16H,3,5,7,12,14H2,1-2H3. The lowest BCUT2D eigenvalue weighted by Gasteiger charge is -2.33. The van der Waals surface area contributed by atoms with Gasteiger partial charge in [0.25, 0.3) is 0 Å². The van der Waals surface area contributed by atoms with Gasteiger partial charge in [0, 0.05) is 30.4 Å². The number of rotatable bonds is 4. The topological polar surface area (TPSA) is 43.2 Å². The van der Waals surface area contributed by atoms with Gasteiger partial charge in [0.05, 0.1) is 7.11 Å². The van der Waals surface area contributed by atoms with Crippen LogP contribution in [0.2, 0.25) is 0 Å². The quantitative estimate of drug-likeness (QED) is 0.727. The monoisotopic (exact) mass is 336 g/mol. The van der Waals surface area contributed by atoms with E-state index in [2.05, 4.69) is 45.8 Å². The first-order valence-electron chi connectivity index (χ1n) is 8.99. The Morgan fingerprint density at radius 3 is 3.00 bits per heavy atom. The molecule has 0 saturated carbocycles. The number of aromatic nitrogens is 3. The summed E-state index contributed by atoms with van der Waals surface area (Å²) in [6.45, 7) is 5.61. The average molecular weight is 336 g/mol. The van der Waals surface area contributed by atoms with E-state index in [1.54, 1.807) is 7.11 Å². The molecule has 0 N–H and O–H groups in total. The molecular formula is C20H24N4O. The Bertz CT molecular complexity index is 873. The third kappa shape index (κ3) is 3.00. The van der Waals surface area contributed by atoms with Crippen LogP contribution in [-0.4, -0.2) is 46.2 Å². The van der Waals surface area contributed by atoms with Crippen LogP contribution in [0.1, 0.15) is 25.8 Å². The Hall–Kier alpha value is -2.40. The summed E-state index contributed by atoms with van der Waals surface area (Å²) >= 11 is 0. The van der Waals surface area contributed by atoms with Crippen LogP contribution in [0.4, 0.5) is 0 Å². The molecule has 1 saturated heterocycles. The molecule has 1 aromatic carbocycles. The van der Waals surface area contributed by atoms with Gasteiger partial charge in [0.1, 0.15) is 17.0 Å². The van der Waals surface area contributed by atoms with Crippen LogP contribution in [0.15, 0.2) is 42.7 Å². The van der Waals surface area contributed by atoms with Crippen molar-refractivity contribution in [2.24, 2.45) is 0 Å². The van der Waals surface area contributed by atoms with Crippen LogP contribution in [0.25, 0.3) is 22.4 Å². The van der Waals surface area contributed by atoms with Crippen molar-refractivity contribution in [1.29, 1.82) is 0 Å². The van der Waals surface area contributed by atoms with Crippen LogP contribution in [0, 0.1) is 0 Å². The van der Waals surface area contributed by atoms with Crippen LogP contribution < -0.4 is 4.74 Å². The molecule has 0 aliphatic carbocycles. The lowest BCUT2D eigenvalue weighted by Crippen LogP contribution is -2.36. The summed E-state index contributed by atoms with van der Waals surface area (Å²) in [6, 6.07) is 10.6. The minimum Gasteiger partial charge on any atom is -0.494 e. The summed E-state index contributed by atoms with van der Waals surface area (Å²) in [6.07, 6.45) is 6.40. The Morgan fingerprint density at radius 2 is 2.16 bits per heavy atom. The van der Waals surface area contributed by atoms with E-state index in [4.69, 9.17) is 9.72 Å². The molecule has 4 rings (SSSR count). The Morgan fingerprint density at radius 1 is 1.24 bits per heavy atom. The second-order valence-corrected chi connectivity index (χ2v) is 6.58. The largest absolute Gasteiger partial charge is 0.494 e. The summed E-state index contributed by atoms with van der Waals surface area (Å²) in [4.78, 5) is 12.0. The number of pyridine rings is 1. The number of para-hydroxylation sites is 1. The molecule has 0 spiro atoms. The Balaban J connectivity index is 1.74. The van der Waals surface area contributed by atoms with E-state index >= 15 is 0 Å². The van der Waals surface area contributed by atoms with Gasteiger partial charge in [-0.2, -0.15) is 0 Å². The number of nitrogens with zero attached hydrogens (tertiary/aromatic N) is 4. The zero-order valence-electron chi connectivity index (χ0n) is 14.9. The number of benzene rings is 1. The maximum absolute atomic E-state index is 5.48. The number of methoxy groups -OCH3 is 1. The van der Waals surface area contributed by atoms with E-state index in [-0.39, 0.29) is 0 Å². The number of likely N-dealkylation sites (tertiary alicyclic amines) is 1. The highest BCUT2D eigenvalue weighted by Gasteiger charge is 2.23. The number of imidazole rings is 1. The number of ether oxygens (including phenoxy) is 1. The molecule has 2 aromatic heterocycles. The minimum atomic E-state index is 0.460. The third-order valence-electron chi connectivity index (χ3n) is 5.12. The highest BCUT2D eigenvalue weighted by molar-refractivity contribution is 5.86. The average Bonchev–Trinajstić information content (AvgIpc) is 3.17. The summed E-state index contributed by atoms with van der Waals surface area (Å²) in [5.74, 6) is 1.74. The van der Waals surface area contributed by atoms with Crippen molar-refractivity contribution in [3.05, 3.63) is 42.7 Å². The summed E-state index contributed by atoms with van der Waals surface area (Å²) in [7, 11) is 1.69. The summed E-state index contributed by atoms with van der Waals surface area (Å²) in [5, 5.41) is 1.08. The predicted molar refractivity (Wildman–Crippen MR) is 99.9 cm³/mol. The van der Waals surface area contributed by atoms with Crippen molar-refractivity contribution < 1.29 is 4.74 Å². The van der Waals surface area contributed by atoms with Crippen molar-refractivity contribution in [3.8, 4) is 17.3 Å². The molecule has 3 heterocycles. The molecule has 130 valence electrons. The number of likely N-dealkylation sites (N-methyl/N-ethyl adjacent to an activating group) is 1. The first kappa shape index (κ1) is 16.1. The molecule has 25 heavy (non-hydrogen) atoms. The van der Waals surface area contributed by atoms with Gasteiger partial charge >= 0.3 is 0 Å². The molecule has 1 unspecified atom stereocenters. The molecular weight excluding hydrogens is 312 g/mol. The number of hydrogen-bond acceptors (Lipinski definition) is 4. The van der Waals surface area contributed by atoms with E-state index in [0.717, 1.165) is 41.3 Å². The molecule has 1 aliphatic rings. The van der Waals surface area contributed by atoms with Crippen molar-refractivity contribution in [2.45, 2.75) is 25.8 Å². The molecule has 0 bridgehead atoms. The number of hydrogen-bond donors (Lipinski definition) is 0. The molecule has 3 aromatic rings. The molecule has 1 fully saturated rings. The van der Waals surface area contributed by atoms with E-state index in [1.165, 1.54) is 19.4 Å². The van der Waals surface area contributed by atoms with Crippen molar-refractivity contribution in [1.82, 2.24) is 19.4 Å². The second-order valence-electron chi connectivity index (χ2n) is 6.58. The van der Waals surface area contributed by atoms with E-state index in [1.807, 2.05) is 18.3 Å². The molecule has 1 atom stereocenters. The SMILES string of the molecule is CCN1CCCC(n2ccnc2-c2ccc3cccc(OC)c3n2)C1. The summed E-state index contributed by atoms with van der Waals surface area (Å²) < 4.78 is 7.78. The fraction of sp³-hybridized carbons (Fsp3) is 0.400. The van der Waals surface area contributed by atoms with Crippen LogP contribution in [0.5, 0.6) is 5.75 Å². The lowest BCUT2D eigenvalue weighted by molar-refractivity contribution is 0.186.